The van der Waals surface area contributed by atoms with Crippen molar-refractivity contribution in [3.05, 3.63) is 27.4 Å². The zero-order chi connectivity index (χ0) is 15.1. The van der Waals surface area contributed by atoms with Crippen LogP contribution in [0.3, 0.4) is 0 Å². The summed E-state index contributed by atoms with van der Waals surface area (Å²) in [6.45, 7) is 7.28. The van der Waals surface area contributed by atoms with Crippen LogP contribution in [0.1, 0.15) is 62.4 Å². The van der Waals surface area contributed by atoms with Crippen LogP contribution in [0.5, 0.6) is 0 Å². The molecule has 1 N–H and O–H groups in total. The van der Waals surface area contributed by atoms with Crippen LogP contribution in [0.15, 0.2) is 4.79 Å². The minimum atomic E-state index is -0.887. The predicted molar refractivity (Wildman–Crippen MR) is 76.1 cm³/mol. The third-order valence-electron chi connectivity index (χ3n) is 4.79. The third-order valence-corrected chi connectivity index (χ3v) is 4.79. The van der Waals surface area contributed by atoms with Crippen molar-refractivity contribution in [2.24, 2.45) is 0 Å². The van der Waals surface area contributed by atoms with Crippen LogP contribution in [0.4, 0.5) is 0 Å². The highest BCUT2D eigenvalue weighted by Crippen LogP contribution is 2.42. The highest BCUT2D eigenvalue weighted by atomic mass is 16.4. The number of carboxylic acids is 1. The fourth-order valence-electron chi connectivity index (χ4n) is 3.41. The minimum Gasteiger partial charge on any atom is -0.481 e. The van der Waals surface area contributed by atoms with E-state index >= 15 is 0 Å². The highest BCUT2D eigenvalue weighted by molar-refractivity contribution is 5.76. The van der Waals surface area contributed by atoms with Gasteiger partial charge in [0.1, 0.15) is 0 Å². The molecule has 0 aliphatic heterocycles. The Morgan fingerprint density at radius 1 is 1.45 bits per heavy atom. The molecule has 1 saturated carbocycles. The Balaban J connectivity index is 2.68. The summed E-state index contributed by atoms with van der Waals surface area (Å²) in [7, 11) is 0. The van der Waals surface area contributed by atoms with Gasteiger partial charge < -0.3 is 5.11 Å². The molecule has 0 radical (unpaired) electrons. The van der Waals surface area contributed by atoms with Crippen molar-refractivity contribution in [1.82, 2.24) is 9.55 Å². The molecule has 1 fully saturated rings. The summed E-state index contributed by atoms with van der Waals surface area (Å²) in [6, 6.07) is 0. The molecule has 1 aromatic heterocycles. The summed E-state index contributed by atoms with van der Waals surface area (Å²) in [5.74, 6) is -1.54. The zero-order valence-corrected chi connectivity index (χ0v) is 12.6. The summed E-state index contributed by atoms with van der Waals surface area (Å²) in [4.78, 5) is 27.7. The highest BCUT2D eigenvalue weighted by Gasteiger charge is 2.40. The van der Waals surface area contributed by atoms with Crippen molar-refractivity contribution in [2.45, 2.75) is 64.8 Å². The lowest BCUT2D eigenvalue weighted by Gasteiger charge is -2.44. The van der Waals surface area contributed by atoms with Crippen molar-refractivity contribution in [3.8, 4) is 0 Å². The van der Waals surface area contributed by atoms with Crippen molar-refractivity contribution in [1.29, 1.82) is 0 Å². The van der Waals surface area contributed by atoms with Crippen LogP contribution in [-0.2, 0) is 10.3 Å². The Hall–Kier alpha value is -1.65. The van der Waals surface area contributed by atoms with Crippen molar-refractivity contribution in [3.63, 3.8) is 0 Å². The monoisotopic (exact) mass is 278 g/mol. The van der Waals surface area contributed by atoms with E-state index in [1.54, 1.807) is 18.4 Å². The Labute approximate surface area is 118 Å². The van der Waals surface area contributed by atoms with E-state index in [0.717, 1.165) is 31.4 Å². The number of carboxylic acid groups (broad SMARTS) is 1. The molecule has 1 heterocycles. The number of aryl methyl sites for hydroxylation is 1. The molecule has 1 aliphatic rings. The first-order valence-electron chi connectivity index (χ1n) is 7.17. The average molecular weight is 278 g/mol. The molecule has 110 valence electrons. The van der Waals surface area contributed by atoms with Gasteiger partial charge in [0.15, 0.2) is 0 Å². The van der Waals surface area contributed by atoms with Gasteiger partial charge in [-0.25, -0.2) is 4.79 Å². The van der Waals surface area contributed by atoms with Gasteiger partial charge in [-0.15, -0.1) is 0 Å². The fourth-order valence-corrected chi connectivity index (χ4v) is 3.41. The van der Waals surface area contributed by atoms with E-state index < -0.39 is 11.9 Å². The van der Waals surface area contributed by atoms with E-state index in [9.17, 15) is 14.7 Å². The van der Waals surface area contributed by atoms with Gasteiger partial charge in [-0.1, -0.05) is 6.92 Å². The molecular weight excluding hydrogens is 256 g/mol. The number of carbonyl (C=O) groups is 1. The predicted octanol–water partition coefficient (Wildman–Crippen LogP) is 2.34. The second kappa shape index (κ2) is 5.04. The van der Waals surface area contributed by atoms with Crippen LogP contribution < -0.4 is 5.69 Å². The number of hydrogen-bond acceptors (Lipinski definition) is 3. The van der Waals surface area contributed by atoms with Gasteiger partial charge in [-0.2, -0.15) is 4.98 Å². The van der Waals surface area contributed by atoms with Crippen LogP contribution in [0.25, 0.3) is 0 Å². The number of aliphatic carboxylic acids is 1. The van der Waals surface area contributed by atoms with Crippen LogP contribution in [-0.4, -0.2) is 20.6 Å². The molecule has 1 aromatic rings. The zero-order valence-electron chi connectivity index (χ0n) is 12.6. The van der Waals surface area contributed by atoms with Crippen LogP contribution in [0.2, 0.25) is 0 Å². The summed E-state index contributed by atoms with van der Waals surface area (Å²) in [6.07, 6.45) is 3.92. The molecule has 20 heavy (non-hydrogen) atoms. The van der Waals surface area contributed by atoms with E-state index in [1.165, 1.54) is 0 Å². The molecule has 0 amide bonds. The topological polar surface area (TPSA) is 72.2 Å². The Kier molecular flexibility index (Phi) is 3.71. The molecule has 0 saturated heterocycles. The molecular formula is C15H22N2O3. The molecule has 1 unspecified atom stereocenters. The van der Waals surface area contributed by atoms with Gasteiger partial charge in [0, 0.05) is 22.5 Å². The van der Waals surface area contributed by atoms with Gasteiger partial charge in [0.05, 0.1) is 5.92 Å². The van der Waals surface area contributed by atoms with Gasteiger partial charge in [0.25, 0.3) is 0 Å². The van der Waals surface area contributed by atoms with E-state index in [1.807, 2.05) is 6.92 Å². The number of rotatable bonds is 4. The lowest BCUT2D eigenvalue weighted by Crippen LogP contribution is -2.48. The van der Waals surface area contributed by atoms with Gasteiger partial charge in [-0.3, -0.25) is 9.36 Å². The molecule has 0 bridgehead atoms. The molecule has 1 atom stereocenters. The number of hydrogen-bond donors (Lipinski definition) is 1. The normalized spacial score (nSPS) is 18.4. The lowest BCUT2D eigenvalue weighted by atomic mass is 9.74. The number of nitrogens with zero attached hydrogens (tertiary/aromatic N) is 2. The molecule has 1 aliphatic carbocycles. The van der Waals surface area contributed by atoms with Crippen LogP contribution >= 0.6 is 0 Å². The maximum atomic E-state index is 12.3. The Bertz CT molecular complexity index is 594. The summed E-state index contributed by atoms with van der Waals surface area (Å²) in [5, 5.41) is 9.26. The molecule has 0 spiro atoms. The minimum absolute atomic E-state index is 0.158. The molecule has 2 rings (SSSR count). The lowest BCUT2D eigenvalue weighted by molar-refractivity contribution is -0.138. The van der Waals surface area contributed by atoms with E-state index in [4.69, 9.17) is 0 Å². The second-order valence-electron chi connectivity index (χ2n) is 5.81. The largest absolute Gasteiger partial charge is 0.481 e. The van der Waals surface area contributed by atoms with E-state index in [0.29, 0.717) is 11.3 Å². The Morgan fingerprint density at radius 2 is 2.05 bits per heavy atom. The van der Waals surface area contributed by atoms with Crippen molar-refractivity contribution in [2.75, 3.05) is 0 Å². The first kappa shape index (κ1) is 14.8. The van der Waals surface area contributed by atoms with E-state index in [-0.39, 0.29) is 11.2 Å². The van der Waals surface area contributed by atoms with Crippen LogP contribution in [0, 0.1) is 13.8 Å². The maximum Gasteiger partial charge on any atom is 0.348 e. The standard InChI is InChI=1S/C15H22N2O3/c1-5-15(7-6-8-15)17-11(4)12(9(2)13(18)19)10(3)16-14(17)20/h9H,5-8H2,1-4H3,(H,18,19). The summed E-state index contributed by atoms with van der Waals surface area (Å²) < 4.78 is 1.75. The van der Waals surface area contributed by atoms with Crippen molar-refractivity contribution < 1.29 is 9.90 Å². The van der Waals surface area contributed by atoms with Gasteiger partial charge >= 0.3 is 11.7 Å². The average Bonchev–Trinajstić information content (AvgIpc) is 2.31. The second-order valence-corrected chi connectivity index (χ2v) is 5.81. The van der Waals surface area contributed by atoms with Gasteiger partial charge in [0.2, 0.25) is 0 Å². The quantitative estimate of drug-likeness (QED) is 0.917. The molecule has 5 heteroatoms. The third kappa shape index (κ3) is 2.05. The summed E-state index contributed by atoms with van der Waals surface area (Å²) >= 11 is 0. The summed E-state index contributed by atoms with van der Waals surface area (Å²) in [5.41, 5.74) is 1.57. The first-order chi connectivity index (χ1) is 9.34. The van der Waals surface area contributed by atoms with Gasteiger partial charge in [-0.05, 0) is 46.5 Å². The smallest absolute Gasteiger partial charge is 0.348 e. The fraction of sp³-hybridized carbons (Fsp3) is 0.667. The van der Waals surface area contributed by atoms with Crippen molar-refractivity contribution >= 4 is 5.97 Å². The first-order valence-corrected chi connectivity index (χ1v) is 7.17. The molecule has 5 nitrogen and oxygen atoms in total. The Morgan fingerprint density at radius 3 is 2.45 bits per heavy atom. The van der Waals surface area contributed by atoms with E-state index in [2.05, 4.69) is 11.9 Å². The number of aromatic nitrogens is 2. The SMILES string of the molecule is CCC1(n2c(C)c(C(C)C(=O)O)c(C)nc2=O)CCC1. The maximum absolute atomic E-state index is 12.3. The molecule has 0 aromatic carbocycles.